The van der Waals surface area contributed by atoms with Gasteiger partial charge in [0.2, 0.25) is 5.91 Å². The maximum absolute atomic E-state index is 12.1. The van der Waals surface area contributed by atoms with Gasteiger partial charge in [0, 0.05) is 42.1 Å². The minimum atomic E-state index is -0.678. The SMILES string of the molecule is O=C(CCc1cc2n(n1)CCNC2)NC[C@H](O)c1cc2ccccc2s1. The average molecular weight is 370 g/mol. The van der Waals surface area contributed by atoms with Crippen molar-refractivity contribution in [1.82, 2.24) is 20.4 Å². The summed E-state index contributed by atoms with van der Waals surface area (Å²) in [5.74, 6) is -0.0609. The van der Waals surface area contributed by atoms with E-state index in [4.69, 9.17) is 0 Å². The van der Waals surface area contributed by atoms with E-state index in [-0.39, 0.29) is 12.5 Å². The van der Waals surface area contributed by atoms with Gasteiger partial charge in [-0.3, -0.25) is 9.48 Å². The van der Waals surface area contributed by atoms with Crippen LogP contribution in [0, 0.1) is 0 Å². The van der Waals surface area contributed by atoms with Gasteiger partial charge in [-0.25, -0.2) is 0 Å². The summed E-state index contributed by atoms with van der Waals surface area (Å²) >= 11 is 1.56. The van der Waals surface area contributed by atoms with Crippen LogP contribution >= 0.6 is 11.3 Å². The number of thiophene rings is 1. The van der Waals surface area contributed by atoms with Gasteiger partial charge in [-0.1, -0.05) is 18.2 Å². The molecule has 4 rings (SSSR count). The molecule has 0 unspecified atom stereocenters. The molecule has 0 aliphatic carbocycles. The van der Waals surface area contributed by atoms with Gasteiger partial charge < -0.3 is 15.7 Å². The molecule has 6 nitrogen and oxygen atoms in total. The Bertz CT molecular complexity index is 861. The molecule has 1 aromatic carbocycles. The van der Waals surface area contributed by atoms with Crippen LogP contribution in [-0.4, -0.2) is 33.9 Å². The molecule has 2 aromatic heterocycles. The number of fused-ring (bicyclic) bond motifs is 2. The van der Waals surface area contributed by atoms with Crippen molar-refractivity contribution in [3.63, 3.8) is 0 Å². The number of carbonyl (C=O) groups excluding carboxylic acids is 1. The Labute approximate surface area is 155 Å². The standard InChI is InChI=1S/C19H22N4O2S/c24-16(18-9-13-3-1-2-4-17(13)26-18)12-21-19(25)6-5-14-10-15-11-20-7-8-23(15)22-14/h1-4,9-10,16,20,24H,5-8,11-12H2,(H,21,25)/t16-/m0/s1. The lowest BCUT2D eigenvalue weighted by Gasteiger charge is -2.13. The van der Waals surface area contributed by atoms with E-state index in [1.807, 2.05) is 35.0 Å². The average Bonchev–Trinajstić information content (AvgIpc) is 3.27. The fourth-order valence-electron chi connectivity index (χ4n) is 3.18. The smallest absolute Gasteiger partial charge is 0.220 e. The number of aryl methyl sites for hydroxylation is 1. The Morgan fingerprint density at radius 1 is 1.38 bits per heavy atom. The zero-order valence-corrected chi connectivity index (χ0v) is 15.3. The number of rotatable bonds is 6. The number of aliphatic hydroxyl groups is 1. The summed E-state index contributed by atoms with van der Waals surface area (Å²) in [6.45, 7) is 2.88. The summed E-state index contributed by atoms with van der Waals surface area (Å²) < 4.78 is 3.15. The van der Waals surface area contributed by atoms with Crippen LogP contribution in [0.2, 0.25) is 0 Å². The minimum Gasteiger partial charge on any atom is -0.386 e. The zero-order chi connectivity index (χ0) is 17.9. The van der Waals surface area contributed by atoms with Crippen LogP contribution in [0.5, 0.6) is 0 Å². The molecule has 1 atom stereocenters. The molecular weight excluding hydrogens is 348 g/mol. The Balaban J connectivity index is 1.27. The van der Waals surface area contributed by atoms with Gasteiger partial charge in [-0.15, -0.1) is 11.3 Å². The van der Waals surface area contributed by atoms with Crippen molar-refractivity contribution in [3.05, 3.63) is 52.7 Å². The number of benzene rings is 1. The topological polar surface area (TPSA) is 79.2 Å². The van der Waals surface area contributed by atoms with E-state index < -0.39 is 6.10 Å². The van der Waals surface area contributed by atoms with Gasteiger partial charge in [0.25, 0.3) is 0 Å². The summed E-state index contributed by atoms with van der Waals surface area (Å²) in [6.07, 6.45) is 0.315. The van der Waals surface area contributed by atoms with E-state index in [9.17, 15) is 9.90 Å². The highest BCUT2D eigenvalue weighted by molar-refractivity contribution is 7.19. The first-order valence-corrected chi connectivity index (χ1v) is 9.70. The Hall–Kier alpha value is -2.22. The fraction of sp³-hybridized carbons (Fsp3) is 0.368. The van der Waals surface area contributed by atoms with Crippen molar-refractivity contribution < 1.29 is 9.90 Å². The van der Waals surface area contributed by atoms with Crippen molar-refractivity contribution in [2.45, 2.75) is 32.0 Å². The van der Waals surface area contributed by atoms with Crippen LogP contribution in [-0.2, 0) is 24.3 Å². The molecule has 3 aromatic rings. The molecule has 0 radical (unpaired) electrons. The lowest BCUT2D eigenvalue weighted by molar-refractivity contribution is -0.121. The van der Waals surface area contributed by atoms with E-state index >= 15 is 0 Å². The van der Waals surface area contributed by atoms with Crippen LogP contribution in [0.3, 0.4) is 0 Å². The van der Waals surface area contributed by atoms with E-state index in [1.165, 1.54) is 5.69 Å². The van der Waals surface area contributed by atoms with Gasteiger partial charge >= 0.3 is 0 Å². The monoisotopic (exact) mass is 370 g/mol. The molecule has 0 bridgehead atoms. The first kappa shape index (κ1) is 17.2. The molecule has 3 N–H and O–H groups in total. The first-order valence-electron chi connectivity index (χ1n) is 8.88. The third-order valence-electron chi connectivity index (χ3n) is 4.59. The van der Waals surface area contributed by atoms with Gasteiger partial charge in [0.1, 0.15) is 6.10 Å². The number of nitrogens with zero attached hydrogens (tertiary/aromatic N) is 2. The lowest BCUT2D eigenvalue weighted by atomic mass is 10.2. The quantitative estimate of drug-likeness (QED) is 0.620. The van der Waals surface area contributed by atoms with Gasteiger partial charge in [0.05, 0.1) is 17.9 Å². The zero-order valence-electron chi connectivity index (χ0n) is 14.4. The summed E-state index contributed by atoms with van der Waals surface area (Å²) in [4.78, 5) is 13.0. The molecule has 3 heterocycles. The van der Waals surface area contributed by atoms with Crippen molar-refractivity contribution >= 4 is 27.3 Å². The highest BCUT2D eigenvalue weighted by atomic mass is 32.1. The second-order valence-electron chi connectivity index (χ2n) is 6.53. The minimum absolute atomic E-state index is 0.0609. The van der Waals surface area contributed by atoms with Crippen LogP contribution < -0.4 is 10.6 Å². The number of aliphatic hydroxyl groups excluding tert-OH is 1. The van der Waals surface area contributed by atoms with Gasteiger partial charge in [-0.2, -0.15) is 5.10 Å². The molecule has 0 fully saturated rings. The van der Waals surface area contributed by atoms with Gasteiger partial charge in [0.15, 0.2) is 0 Å². The first-order chi connectivity index (χ1) is 12.7. The molecule has 1 amide bonds. The number of carbonyl (C=O) groups is 1. The third-order valence-corrected chi connectivity index (χ3v) is 5.81. The Kier molecular flexibility index (Phi) is 5.01. The Morgan fingerprint density at radius 3 is 3.12 bits per heavy atom. The van der Waals surface area contributed by atoms with E-state index in [0.29, 0.717) is 12.8 Å². The normalized spacial score (nSPS) is 15.0. The van der Waals surface area contributed by atoms with E-state index in [1.54, 1.807) is 11.3 Å². The molecule has 0 spiro atoms. The molecule has 0 saturated heterocycles. The highest BCUT2D eigenvalue weighted by Gasteiger charge is 2.15. The predicted octanol–water partition coefficient (Wildman–Crippen LogP) is 1.98. The van der Waals surface area contributed by atoms with Gasteiger partial charge in [-0.05, 0) is 23.6 Å². The molecule has 136 valence electrons. The van der Waals surface area contributed by atoms with E-state index in [0.717, 1.165) is 40.3 Å². The Morgan fingerprint density at radius 2 is 2.27 bits per heavy atom. The number of amides is 1. The van der Waals surface area contributed by atoms with Crippen molar-refractivity contribution in [1.29, 1.82) is 0 Å². The number of hydrogen-bond acceptors (Lipinski definition) is 5. The van der Waals surface area contributed by atoms with Crippen LogP contribution in [0.25, 0.3) is 10.1 Å². The maximum Gasteiger partial charge on any atom is 0.220 e. The molecule has 0 saturated carbocycles. The maximum atomic E-state index is 12.1. The summed E-state index contributed by atoms with van der Waals surface area (Å²) in [5, 5.41) is 22.1. The molecule has 1 aliphatic rings. The number of nitrogens with one attached hydrogen (secondary N) is 2. The molecule has 1 aliphatic heterocycles. The van der Waals surface area contributed by atoms with Crippen molar-refractivity contribution in [3.8, 4) is 0 Å². The lowest BCUT2D eigenvalue weighted by Crippen LogP contribution is -2.28. The number of hydrogen-bond donors (Lipinski definition) is 3. The highest BCUT2D eigenvalue weighted by Crippen LogP contribution is 2.29. The predicted molar refractivity (Wildman–Crippen MR) is 102 cm³/mol. The van der Waals surface area contributed by atoms with E-state index in [2.05, 4.69) is 21.8 Å². The van der Waals surface area contributed by atoms with Crippen LogP contribution in [0.1, 0.15) is 28.8 Å². The van der Waals surface area contributed by atoms with Crippen LogP contribution in [0.4, 0.5) is 0 Å². The summed E-state index contributed by atoms with van der Waals surface area (Å²) in [6, 6.07) is 12.1. The van der Waals surface area contributed by atoms with Crippen molar-refractivity contribution in [2.75, 3.05) is 13.1 Å². The molecular formula is C19H22N4O2S. The number of aromatic nitrogens is 2. The summed E-state index contributed by atoms with van der Waals surface area (Å²) in [5.41, 5.74) is 2.12. The molecule has 7 heteroatoms. The third kappa shape index (κ3) is 3.80. The fourth-order valence-corrected chi connectivity index (χ4v) is 4.23. The second-order valence-corrected chi connectivity index (χ2v) is 7.65. The second kappa shape index (κ2) is 7.57. The van der Waals surface area contributed by atoms with Crippen molar-refractivity contribution in [2.24, 2.45) is 0 Å². The molecule has 26 heavy (non-hydrogen) atoms. The largest absolute Gasteiger partial charge is 0.386 e. The summed E-state index contributed by atoms with van der Waals surface area (Å²) in [7, 11) is 0. The van der Waals surface area contributed by atoms with Crippen LogP contribution in [0.15, 0.2) is 36.4 Å².